The van der Waals surface area contributed by atoms with Crippen molar-refractivity contribution >= 4 is 86.8 Å². The molecule has 25 N–H and O–H groups in total. The smallest absolute Gasteiger partial charge is 0.404 e. The number of aliphatic hydroxyl groups excluding tert-OH is 8. The first-order valence-corrected chi connectivity index (χ1v) is 33.8. The number of carbonyl (C=O) groups is 8. The summed E-state index contributed by atoms with van der Waals surface area (Å²) in [7, 11) is 0.254. The number of nitrogens with zero attached hydrogens (tertiary/aromatic N) is 5. The minimum absolute atomic E-state index is 0.00498. The molecule has 19 atom stereocenters. The number of amides is 8. The number of imidazole rings is 1. The van der Waals surface area contributed by atoms with Crippen LogP contribution in [0, 0.1) is 12.8 Å². The molecule has 0 bridgehead atoms. The number of nitrogen functional groups attached to an aromatic ring is 1. The van der Waals surface area contributed by atoms with Gasteiger partial charge in [0.25, 0.3) is 11.8 Å². The van der Waals surface area contributed by atoms with Gasteiger partial charge in [-0.1, -0.05) is 6.92 Å². The van der Waals surface area contributed by atoms with E-state index in [4.69, 9.17) is 52.4 Å². The highest BCUT2D eigenvalue weighted by atomic mass is 32.2. The molecule has 6 rings (SSSR count). The predicted octanol–water partition coefficient (Wildman–Crippen LogP) is -7.70. The van der Waals surface area contributed by atoms with Gasteiger partial charge in [-0.15, -0.1) is 22.7 Å². The van der Waals surface area contributed by atoms with Gasteiger partial charge in [-0.3, -0.25) is 33.6 Å². The summed E-state index contributed by atoms with van der Waals surface area (Å²) in [5, 5.41) is 108. The number of H-pyrrole nitrogens is 1. The van der Waals surface area contributed by atoms with Crippen LogP contribution in [0.3, 0.4) is 0 Å². The standard InChI is InChI=1S/C55H83N17O21S3/c1-20-33(69-46(72-44(20)58)25(12-31(57)76)64-13-24(56)45(59)82)50(86)71-35(41(26-14-61-19-65-26)91-54-43(39(80)37(78)29(15-73)90-54)92-53-40(81)42(93-55(60)88)38(79)30(16-74)89-53)51(87)66-22(3)36(77)21(2)47(83)70-34(23(4)75)49(85)63-10-8-32-67-28(18-94-32)52-68-27(17-95-52)48(84)62-9-7-11-96(5)6/h14,17-19,21-25,29-30,34-43,53-54,64,73-75,77-81H,7-13,15-16,56H2,1-6H3,(H13-,57,58,59,60,61,62,63,65,66,69,70,71,72,76,82,83,84,85,86,87,88)/p+1/t21-,22+,23+,24-,25-,29+,30+,34-,35-,36-,37+,38+,39+,40+,41-,42+,43+,53+,54+/m0/s1. The monoisotopic (exact) mass is 1410 g/mol. The second-order valence-electron chi connectivity index (χ2n) is 22.8. The summed E-state index contributed by atoms with van der Waals surface area (Å²) < 4.78 is 28.7. The van der Waals surface area contributed by atoms with Crippen molar-refractivity contribution in [3.05, 3.63) is 56.8 Å². The van der Waals surface area contributed by atoms with Gasteiger partial charge in [0.2, 0.25) is 29.5 Å². The third kappa shape index (κ3) is 20.6. The van der Waals surface area contributed by atoms with Crippen molar-refractivity contribution in [2.24, 2.45) is 28.9 Å². The molecule has 0 saturated carbocycles. The number of ether oxygens (including phenoxy) is 5. The number of rotatable bonds is 35. The average Bonchev–Trinajstić information content (AvgIpc) is 0.885. The third-order valence-corrected chi connectivity index (χ3v) is 18.2. The molecule has 2 fully saturated rings. The Morgan fingerprint density at radius 3 is 2.09 bits per heavy atom. The number of primary amides is 3. The Balaban J connectivity index is 1.26. The topological polar surface area (TPSA) is 627 Å². The fourth-order valence-corrected chi connectivity index (χ4v) is 12.1. The molecular formula is C55H84N17O21S3+. The Labute approximate surface area is 559 Å². The minimum Gasteiger partial charge on any atom is -0.441 e. The van der Waals surface area contributed by atoms with Crippen LogP contribution in [-0.2, 0) is 65.0 Å². The van der Waals surface area contributed by atoms with E-state index in [0.29, 0.717) is 22.3 Å². The lowest BCUT2D eigenvalue weighted by atomic mass is 9.96. The van der Waals surface area contributed by atoms with Crippen LogP contribution < -0.4 is 60.6 Å². The van der Waals surface area contributed by atoms with E-state index in [1.807, 2.05) is 0 Å². The zero-order valence-corrected chi connectivity index (χ0v) is 55.3. The van der Waals surface area contributed by atoms with E-state index in [0.717, 1.165) is 24.7 Å². The fraction of sp³-hybridized carbons (Fsp3) is 0.618. The minimum atomic E-state index is -2.20. The molecule has 41 heteroatoms. The number of nitrogens with one attached hydrogen (secondary N) is 7. The van der Waals surface area contributed by atoms with Crippen molar-refractivity contribution in [1.29, 1.82) is 0 Å². The Morgan fingerprint density at radius 1 is 0.781 bits per heavy atom. The number of aromatic nitrogens is 6. The van der Waals surface area contributed by atoms with Gasteiger partial charge in [0, 0.05) is 55.2 Å². The molecule has 0 aliphatic carbocycles. The summed E-state index contributed by atoms with van der Waals surface area (Å²) in [6, 6.07) is -7.85. The Bertz CT molecular complexity index is 3280. The average molecular weight is 1420 g/mol. The van der Waals surface area contributed by atoms with Gasteiger partial charge in [0.1, 0.15) is 100 Å². The van der Waals surface area contributed by atoms with Crippen LogP contribution in [0.2, 0.25) is 0 Å². The summed E-state index contributed by atoms with van der Waals surface area (Å²) in [4.78, 5) is 131. The van der Waals surface area contributed by atoms with Crippen molar-refractivity contribution in [2.75, 3.05) is 56.8 Å². The number of aromatic amines is 1. The largest absolute Gasteiger partial charge is 0.441 e. The number of hydrogen-bond acceptors (Lipinski definition) is 31. The molecule has 96 heavy (non-hydrogen) atoms. The second kappa shape index (κ2) is 35.8. The lowest BCUT2D eigenvalue weighted by Gasteiger charge is -2.47. The van der Waals surface area contributed by atoms with Crippen molar-refractivity contribution < 1.29 is 103 Å². The molecule has 4 aromatic rings. The molecule has 2 aliphatic heterocycles. The van der Waals surface area contributed by atoms with E-state index in [9.17, 15) is 74.4 Å². The van der Waals surface area contributed by atoms with E-state index in [2.05, 4.69) is 74.3 Å². The molecule has 2 aliphatic rings. The van der Waals surface area contributed by atoms with Gasteiger partial charge < -0.3 is 130 Å². The molecule has 0 aromatic carbocycles. The van der Waals surface area contributed by atoms with Gasteiger partial charge >= 0.3 is 6.09 Å². The SMILES string of the molecule is Cc1c(N)nc([C@H](CC(N)=O)NC[C@H](N)C(N)=O)nc1C(=O)N[C@H](C(=O)N[C@H](C)[C@@H](O)[C@H](C)C(=O)N[C@H](C(=O)NCCc1nc(-c2nc(C(=O)NCCC[S+](C)C)cs2)cs1)[C@@H](C)O)[C@@H](O[C@H]1O[C@H](CO)[C@@H](O)[C@@H](O)[C@H]1O[C@H]1O[C@H](CO)[C@@H](O)[C@@H](OC(N)=O)[C@H]1O)c1cnc[nH]1. The van der Waals surface area contributed by atoms with Crippen molar-refractivity contribution in [3.63, 3.8) is 0 Å². The van der Waals surface area contributed by atoms with Gasteiger partial charge in [0.15, 0.2) is 18.7 Å². The highest BCUT2D eigenvalue weighted by Crippen LogP contribution is 2.35. The molecule has 6 heterocycles. The molecule has 0 unspecified atom stereocenters. The van der Waals surface area contributed by atoms with Crippen LogP contribution in [0.25, 0.3) is 10.7 Å². The van der Waals surface area contributed by atoms with Crippen LogP contribution in [-0.4, -0.2) is 267 Å². The van der Waals surface area contributed by atoms with Crippen molar-refractivity contribution in [3.8, 4) is 10.7 Å². The summed E-state index contributed by atoms with van der Waals surface area (Å²) in [6.07, 6.45) is -20.0. The zero-order chi connectivity index (χ0) is 71.0. The Morgan fingerprint density at radius 2 is 1.47 bits per heavy atom. The number of anilines is 1. The summed E-state index contributed by atoms with van der Waals surface area (Å²) in [5.41, 5.74) is 28.1. The molecule has 0 spiro atoms. The second-order valence-corrected chi connectivity index (χ2v) is 27.0. The zero-order valence-electron chi connectivity index (χ0n) is 52.9. The van der Waals surface area contributed by atoms with Crippen LogP contribution in [0.5, 0.6) is 0 Å². The van der Waals surface area contributed by atoms with Crippen LogP contribution >= 0.6 is 22.7 Å². The van der Waals surface area contributed by atoms with Crippen LogP contribution in [0.1, 0.15) is 88.8 Å². The Kier molecular flexibility index (Phi) is 29.0. The first kappa shape index (κ1) is 77.7. The highest BCUT2D eigenvalue weighted by molar-refractivity contribution is 7.95. The van der Waals surface area contributed by atoms with Crippen molar-refractivity contribution in [2.45, 2.75) is 157 Å². The summed E-state index contributed by atoms with van der Waals surface area (Å²) >= 11 is 2.52. The highest BCUT2D eigenvalue weighted by Gasteiger charge is 2.54. The van der Waals surface area contributed by atoms with Gasteiger partial charge in [-0.25, -0.2) is 29.7 Å². The predicted molar refractivity (Wildman–Crippen MR) is 339 cm³/mol. The molecule has 532 valence electrons. The molecule has 2 saturated heterocycles. The number of nitrogens with two attached hydrogens (primary N) is 5. The first-order valence-electron chi connectivity index (χ1n) is 29.8. The van der Waals surface area contributed by atoms with Gasteiger partial charge in [0.05, 0.1) is 85.2 Å². The van der Waals surface area contributed by atoms with E-state index in [1.165, 1.54) is 50.4 Å². The van der Waals surface area contributed by atoms with E-state index < -0.39 is 183 Å². The molecular weight excluding hydrogens is 1330 g/mol. The molecule has 8 amide bonds. The summed E-state index contributed by atoms with van der Waals surface area (Å²) in [6.45, 7) is 3.18. The quantitative estimate of drug-likeness (QED) is 0.0150. The molecule has 0 radical (unpaired) electrons. The maximum atomic E-state index is 15.2. The number of aliphatic hydroxyl groups is 8. The maximum absolute atomic E-state index is 15.2. The van der Waals surface area contributed by atoms with Crippen molar-refractivity contribution in [1.82, 2.24) is 61.8 Å². The van der Waals surface area contributed by atoms with E-state index in [1.54, 1.807) is 10.8 Å². The van der Waals surface area contributed by atoms with E-state index >= 15 is 4.79 Å². The van der Waals surface area contributed by atoms with E-state index in [-0.39, 0.29) is 64.9 Å². The number of hydrogen-bond donors (Lipinski definition) is 20. The third-order valence-electron chi connectivity index (χ3n) is 15.3. The lowest BCUT2D eigenvalue weighted by molar-refractivity contribution is -0.372. The fourth-order valence-electron chi connectivity index (χ4n) is 9.80. The number of thiazole rings is 2. The normalized spacial score (nSPS) is 24.0. The van der Waals surface area contributed by atoms with Crippen LogP contribution in [0.15, 0.2) is 23.3 Å². The van der Waals surface area contributed by atoms with Crippen LogP contribution in [0.4, 0.5) is 10.6 Å². The molecule has 4 aromatic heterocycles. The lowest BCUT2D eigenvalue weighted by Crippen LogP contribution is -2.65. The first-order chi connectivity index (χ1) is 45.3. The van der Waals surface area contributed by atoms with Gasteiger partial charge in [-0.2, -0.15) is 0 Å². The number of carbonyl (C=O) groups excluding carboxylic acids is 8. The Hall–Kier alpha value is -7.30. The summed E-state index contributed by atoms with van der Waals surface area (Å²) in [5.74, 6) is -7.69. The van der Waals surface area contributed by atoms with Gasteiger partial charge in [-0.05, 0) is 31.7 Å². The molecule has 38 nitrogen and oxygen atoms in total. The maximum Gasteiger partial charge on any atom is 0.404 e.